The molecule has 6 rings (SSSR count). The molecule has 0 aliphatic carbocycles. The number of nitrogens with zero attached hydrogens (tertiary/aromatic N) is 2. The van der Waals surface area contributed by atoms with E-state index < -0.39 is 0 Å². The molecule has 4 aromatic carbocycles. The highest BCUT2D eigenvalue weighted by molar-refractivity contribution is 6.12. The van der Waals surface area contributed by atoms with Gasteiger partial charge in [-0.2, -0.15) is 0 Å². The molecule has 0 atom stereocenters. The Morgan fingerprint density at radius 3 is 1.71 bits per heavy atom. The molecule has 0 aliphatic rings. The Kier molecular flexibility index (Phi) is 8.24. The molecule has 2 heterocycles. The zero-order valence-electron chi connectivity index (χ0n) is 25.5. The maximum Gasteiger partial charge on any atom is 0.117 e. The number of hydrogen-bond donors (Lipinski definition) is 0. The van der Waals surface area contributed by atoms with Crippen molar-refractivity contribution >= 4 is 16.3 Å². The van der Waals surface area contributed by atoms with Gasteiger partial charge in [-0.05, 0) is 53.3 Å². The maximum absolute atomic E-state index is 5.40. The quantitative estimate of drug-likeness (QED) is 0.166. The molecule has 0 N–H and O–H groups in total. The molecule has 0 saturated carbocycles. The monoisotopic (exact) mass is 550 g/mol. The standard InChI is InChI=1S/C40H42N2/c1-5-7-14-29-20-24-31(25-21-29)36-34-18-12-13-19-35(34)39-37(32-16-10-9-11-17-32)41-40(28(3)4)42(39)38(36)33-26-22-30(23-27-33)15-8-6-2/h9-13,16-28H,5-8,14-15H2,1-4H3. The number of rotatable bonds is 10. The minimum absolute atomic E-state index is 0.253. The number of aromatic nitrogens is 2. The summed E-state index contributed by atoms with van der Waals surface area (Å²) in [6.07, 6.45) is 7.11. The lowest BCUT2D eigenvalue weighted by molar-refractivity contribution is 0.774. The minimum atomic E-state index is 0.253. The van der Waals surface area contributed by atoms with Crippen LogP contribution in [0.15, 0.2) is 103 Å². The lowest BCUT2D eigenvalue weighted by atomic mass is 9.91. The predicted octanol–water partition coefficient (Wildman–Crippen LogP) is 11.3. The van der Waals surface area contributed by atoms with E-state index in [1.165, 1.54) is 75.5 Å². The number of imidazole rings is 1. The van der Waals surface area contributed by atoms with E-state index in [9.17, 15) is 0 Å². The molecule has 6 aromatic rings. The lowest BCUT2D eigenvalue weighted by Crippen LogP contribution is -2.04. The molecule has 0 amide bonds. The van der Waals surface area contributed by atoms with Crippen LogP contribution in [0.4, 0.5) is 0 Å². The van der Waals surface area contributed by atoms with Gasteiger partial charge < -0.3 is 0 Å². The highest BCUT2D eigenvalue weighted by Crippen LogP contribution is 2.44. The predicted molar refractivity (Wildman–Crippen MR) is 180 cm³/mol. The van der Waals surface area contributed by atoms with Crippen LogP contribution in [0, 0.1) is 0 Å². The zero-order valence-corrected chi connectivity index (χ0v) is 25.5. The highest BCUT2D eigenvalue weighted by Gasteiger charge is 2.25. The van der Waals surface area contributed by atoms with Crippen LogP contribution in [0.25, 0.3) is 49.9 Å². The second-order valence-electron chi connectivity index (χ2n) is 11.9. The summed E-state index contributed by atoms with van der Waals surface area (Å²) in [5.41, 5.74) is 11.2. The first-order valence-electron chi connectivity index (χ1n) is 15.8. The molecule has 0 saturated heterocycles. The number of benzene rings is 4. The maximum atomic E-state index is 5.40. The van der Waals surface area contributed by atoms with Crippen molar-refractivity contribution in [2.75, 3.05) is 0 Å². The number of fused-ring (bicyclic) bond motifs is 3. The van der Waals surface area contributed by atoms with Crippen LogP contribution in [0.2, 0.25) is 0 Å². The molecule has 0 bridgehead atoms. The highest BCUT2D eigenvalue weighted by atomic mass is 15.1. The Labute approximate surface area is 251 Å². The first-order chi connectivity index (χ1) is 20.6. The Morgan fingerprint density at radius 1 is 0.595 bits per heavy atom. The first kappa shape index (κ1) is 28.0. The molecule has 0 aliphatic heterocycles. The fourth-order valence-corrected chi connectivity index (χ4v) is 6.24. The van der Waals surface area contributed by atoms with Crippen LogP contribution in [0.5, 0.6) is 0 Å². The lowest BCUT2D eigenvalue weighted by Gasteiger charge is -2.20. The Balaban J connectivity index is 1.72. The van der Waals surface area contributed by atoms with Crippen molar-refractivity contribution in [3.05, 3.63) is 120 Å². The van der Waals surface area contributed by atoms with Gasteiger partial charge in [0.2, 0.25) is 0 Å². The summed E-state index contributed by atoms with van der Waals surface area (Å²) in [6.45, 7) is 9.05. The van der Waals surface area contributed by atoms with Crippen molar-refractivity contribution in [2.45, 2.75) is 72.1 Å². The van der Waals surface area contributed by atoms with E-state index in [-0.39, 0.29) is 5.92 Å². The normalized spacial score (nSPS) is 11.6. The van der Waals surface area contributed by atoms with Gasteiger partial charge in [0.1, 0.15) is 5.82 Å². The van der Waals surface area contributed by atoms with Gasteiger partial charge >= 0.3 is 0 Å². The van der Waals surface area contributed by atoms with E-state index in [2.05, 4.69) is 135 Å². The topological polar surface area (TPSA) is 17.3 Å². The van der Waals surface area contributed by atoms with E-state index in [0.29, 0.717) is 0 Å². The molecule has 2 aromatic heterocycles. The van der Waals surface area contributed by atoms with Gasteiger partial charge in [0.05, 0.1) is 16.9 Å². The molecule has 0 radical (unpaired) electrons. The summed E-state index contributed by atoms with van der Waals surface area (Å²) in [5.74, 6) is 1.35. The van der Waals surface area contributed by atoms with E-state index in [1.807, 2.05) is 0 Å². The third kappa shape index (κ3) is 5.27. The first-order valence-corrected chi connectivity index (χ1v) is 15.8. The molecule has 0 unspecified atom stereocenters. The third-order valence-corrected chi connectivity index (χ3v) is 8.49. The molecule has 42 heavy (non-hydrogen) atoms. The third-order valence-electron chi connectivity index (χ3n) is 8.49. The molecule has 212 valence electrons. The molecule has 2 nitrogen and oxygen atoms in total. The van der Waals surface area contributed by atoms with Crippen molar-refractivity contribution in [3.63, 3.8) is 0 Å². The van der Waals surface area contributed by atoms with Crippen molar-refractivity contribution < 1.29 is 0 Å². The van der Waals surface area contributed by atoms with Gasteiger partial charge in [0, 0.05) is 22.4 Å². The van der Waals surface area contributed by atoms with Crippen molar-refractivity contribution in [1.29, 1.82) is 0 Å². The smallest absolute Gasteiger partial charge is 0.117 e. The fraction of sp³-hybridized carbons (Fsp3) is 0.275. The molecular weight excluding hydrogens is 508 g/mol. The minimum Gasteiger partial charge on any atom is -0.294 e. The van der Waals surface area contributed by atoms with Gasteiger partial charge in [-0.15, -0.1) is 0 Å². The molecule has 0 fully saturated rings. The fourth-order valence-electron chi connectivity index (χ4n) is 6.24. The second kappa shape index (κ2) is 12.4. The number of unbranched alkanes of at least 4 members (excludes halogenated alkanes) is 2. The average Bonchev–Trinajstić information content (AvgIpc) is 3.44. The van der Waals surface area contributed by atoms with E-state index in [4.69, 9.17) is 4.98 Å². The van der Waals surface area contributed by atoms with Crippen molar-refractivity contribution in [1.82, 2.24) is 9.38 Å². The zero-order chi connectivity index (χ0) is 29.1. The van der Waals surface area contributed by atoms with Crippen molar-refractivity contribution in [3.8, 4) is 33.6 Å². The van der Waals surface area contributed by atoms with Gasteiger partial charge in [0.15, 0.2) is 0 Å². The molecular formula is C40H42N2. The number of aryl methyl sites for hydroxylation is 2. The van der Waals surface area contributed by atoms with Gasteiger partial charge in [-0.25, -0.2) is 4.98 Å². The number of hydrogen-bond acceptors (Lipinski definition) is 1. The van der Waals surface area contributed by atoms with Crippen LogP contribution in [-0.2, 0) is 12.8 Å². The van der Waals surface area contributed by atoms with E-state index >= 15 is 0 Å². The summed E-state index contributed by atoms with van der Waals surface area (Å²) >= 11 is 0. The van der Waals surface area contributed by atoms with E-state index in [1.54, 1.807) is 0 Å². The van der Waals surface area contributed by atoms with Crippen LogP contribution >= 0.6 is 0 Å². The Bertz CT molecular complexity index is 1790. The van der Waals surface area contributed by atoms with Crippen LogP contribution in [-0.4, -0.2) is 9.38 Å². The Hall–Kier alpha value is -4.17. The molecule has 0 spiro atoms. The average molecular weight is 551 g/mol. The van der Waals surface area contributed by atoms with Gasteiger partial charge in [-0.3, -0.25) is 4.40 Å². The van der Waals surface area contributed by atoms with Crippen molar-refractivity contribution in [2.24, 2.45) is 0 Å². The summed E-state index contributed by atoms with van der Waals surface area (Å²) in [5, 5.41) is 2.51. The van der Waals surface area contributed by atoms with Crippen LogP contribution in [0.1, 0.15) is 76.2 Å². The van der Waals surface area contributed by atoms with E-state index in [0.717, 1.165) is 29.9 Å². The second-order valence-corrected chi connectivity index (χ2v) is 11.9. The Morgan fingerprint density at radius 2 is 1.14 bits per heavy atom. The summed E-state index contributed by atoms with van der Waals surface area (Å²) in [7, 11) is 0. The SMILES string of the molecule is CCCCc1ccc(-c2c(-c3ccc(CCCC)cc3)n3c(C(C)C)nc(-c4ccccc4)c3c3ccccc23)cc1. The largest absolute Gasteiger partial charge is 0.294 e. The summed E-state index contributed by atoms with van der Waals surface area (Å²) in [6, 6.07) is 38.2. The number of pyridine rings is 1. The van der Waals surface area contributed by atoms with Crippen LogP contribution < -0.4 is 0 Å². The van der Waals surface area contributed by atoms with Gasteiger partial charge in [0.25, 0.3) is 0 Å². The molecule has 2 heteroatoms. The van der Waals surface area contributed by atoms with Crippen LogP contribution in [0.3, 0.4) is 0 Å². The summed E-state index contributed by atoms with van der Waals surface area (Å²) in [4.78, 5) is 5.40. The summed E-state index contributed by atoms with van der Waals surface area (Å²) < 4.78 is 2.48. The van der Waals surface area contributed by atoms with Gasteiger partial charge in [-0.1, -0.05) is 144 Å².